The number of anilines is 1. The average molecular weight is 270 g/mol. The summed E-state index contributed by atoms with van der Waals surface area (Å²) in [4.78, 5) is 2.26. The van der Waals surface area contributed by atoms with Crippen LogP contribution >= 0.6 is 0 Å². The van der Waals surface area contributed by atoms with Crippen LogP contribution < -0.4 is 10.6 Å². The molecule has 0 aliphatic carbocycles. The molecule has 0 radical (unpaired) electrons. The summed E-state index contributed by atoms with van der Waals surface area (Å²) in [6.07, 6.45) is 0.987. The molecule has 0 fully saturated rings. The minimum Gasteiger partial charge on any atom is -0.360 e. The molecule has 1 aliphatic rings. The first kappa shape index (κ1) is 13.1. The Balaban J connectivity index is 2.04. The van der Waals surface area contributed by atoms with E-state index in [-0.39, 0.29) is 11.9 Å². The minimum absolute atomic E-state index is 0.116. The molecule has 2 atom stereocenters. The van der Waals surface area contributed by atoms with Crippen LogP contribution in [-0.2, 0) is 6.42 Å². The zero-order valence-electron chi connectivity index (χ0n) is 11.6. The van der Waals surface area contributed by atoms with Crippen molar-refractivity contribution in [3.05, 3.63) is 65.5 Å². The fraction of sp³-hybridized carbons (Fsp3) is 0.294. The van der Waals surface area contributed by atoms with E-state index in [1.54, 1.807) is 6.07 Å². The van der Waals surface area contributed by atoms with Crippen LogP contribution in [0, 0.1) is 5.82 Å². The summed E-state index contributed by atoms with van der Waals surface area (Å²) in [6, 6.07) is 15.5. The summed E-state index contributed by atoms with van der Waals surface area (Å²) in [6.45, 7) is 2.57. The molecular formula is C17H19FN2. The summed E-state index contributed by atoms with van der Waals surface area (Å²) in [5.74, 6) is -0.181. The van der Waals surface area contributed by atoms with Crippen LogP contribution in [0.1, 0.15) is 24.1 Å². The van der Waals surface area contributed by atoms with Crippen LogP contribution in [0.3, 0.4) is 0 Å². The summed E-state index contributed by atoms with van der Waals surface area (Å²) in [7, 11) is 0. The van der Waals surface area contributed by atoms with Gasteiger partial charge < -0.3 is 10.6 Å². The number of hydrogen-bond acceptors (Lipinski definition) is 2. The molecule has 2 aromatic rings. The third-order valence-corrected chi connectivity index (χ3v) is 4.08. The standard InChI is InChI=1S/C17H19FN2/c1-12-10-13-6-2-5-9-16(13)20(12)17(11-19)14-7-3-4-8-15(14)18/h2-9,12,17H,10-11,19H2,1H3. The van der Waals surface area contributed by atoms with Gasteiger partial charge >= 0.3 is 0 Å². The van der Waals surface area contributed by atoms with Crippen molar-refractivity contribution in [2.24, 2.45) is 5.73 Å². The maximum atomic E-state index is 14.1. The van der Waals surface area contributed by atoms with Gasteiger partial charge in [-0.15, -0.1) is 0 Å². The second kappa shape index (κ2) is 5.25. The van der Waals surface area contributed by atoms with Crippen molar-refractivity contribution >= 4 is 5.69 Å². The number of benzene rings is 2. The molecule has 3 rings (SSSR count). The highest BCUT2D eigenvalue weighted by Gasteiger charge is 2.32. The van der Waals surface area contributed by atoms with Crippen LogP contribution in [0.4, 0.5) is 10.1 Å². The van der Waals surface area contributed by atoms with E-state index >= 15 is 0 Å². The number of hydrogen-bond donors (Lipinski definition) is 1. The summed E-state index contributed by atoms with van der Waals surface area (Å²) in [5.41, 5.74) is 9.14. The van der Waals surface area contributed by atoms with E-state index in [0.717, 1.165) is 6.42 Å². The number of nitrogens with two attached hydrogens (primary N) is 1. The molecule has 1 aliphatic heterocycles. The Kier molecular flexibility index (Phi) is 3.45. The maximum Gasteiger partial charge on any atom is 0.128 e. The lowest BCUT2D eigenvalue weighted by Crippen LogP contribution is -2.38. The molecular weight excluding hydrogens is 251 g/mol. The normalized spacial score (nSPS) is 18.9. The van der Waals surface area contributed by atoms with Gasteiger partial charge in [0.05, 0.1) is 6.04 Å². The molecule has 2 aromatic carbocycles. The molecule has 0 spiro atoms. The van der Waals surface area contributed by atoms with E-state index in [1.165, 1.54) is 17.3 Å². The quantitative estimate of drug-likeness (QED) is 0.927. The lowest BCUT2D eigenvalue weighted by molar-refractivity contribution is 0.530. The zero-order valence-corrected chi connectivity index (χ0v) is 11.6. The fourth-order valence-corrected chi connectivity index (χ4v) is 3.20. The van der Waals surface area contributed by atoms with E-state index in [9.17, 15) is 4.39 Å². The predicted molar refractivity (Wildman–Crippen MR) is 80.3 cm³/mol. The van der Waals surface area contributed by atoms with Crippen molar-refractivity contribution in [3.63, 3.8) is 0 Å². The van der Waals surface area contributed by atoms with Gasteiger partial charge in [-0.1, -0.05) is 36.4 Å². The minimum atomic E-state index is -0.181. The molecule has 2 unspecified atom stereocenters. The number of fused-ring (bicyclic) bond motifs is 1. The highest BCUT2D eigenvalue weighted by atomic mass is 19.1. The van der Waals surface area contributed by atoms with E-state index < -0.39 is 0 Å². The molecule has 1 heterocycles. The number of rotatable bonds is 3. The van der Waals surface area contributed by atoms with Crippen molar-refractivity contribution in [1.29, 1.82) is 0 Å². The van der Waals surface area contributed by atoms with Gasteiger partial charge in [-0.3, -0.25) is 0 Å². The largest absolute Gasteiger partial charge is 0.360 e. The Labute approximate surface area is 119 Å². The third-order valence-electron chi connectivity index (χ3n) is 4.08. The SMILES string of the molecule is CC1Cc2ccccc2N1C(CN)c1ccccc1F. The monoisotopic (exact) mass is 270 g/mol. The molecule has 0 amide bonds. The van der Waals surface area contributed by atoms with Crippen LogP contribution in [0.15, 0.2) is 48.5 Å². The molecule has 0 aromatic heterocycles. The van der Waals surface area contributed by atoms with E-state index in [2.05, 4.69) is 30.0 Å². The number of nitrogens with zero attached hydrogens (tertiary/aromatic N) is 1. The second-order valence-electron chi connectivity index (χ2n) is 5.36. The first-order valence-electron chi connectivity index (χ1n) is 7.03. The van der Waals surface area contributed by atoms with Crippen LogP contribution in [0.5, 0.6) is 0 Å². The van der Waals surface area contributed by atoms with E-state index in [1.807, 2.05) is 18.2 Å². The molecule has 0 saturated carbocycles. The van der Waals surface area contributed by atoms with E-state index in [4.69, 9.17) is 5.73 Å². The molecule has 3 heteroatoms. The van der Waals surface area contributed by atoms with Gasteiger partial charge in [0.1, 0.15) is 5.82 Å². The number of para-hydroxylation sites is 1. The van der Waals surface area contributed by atoms with Crippen molar-refractivity contribution < 1.29 is 4.39 Å². The average Bonchev–Trinajstić information content (AvgIpc) is 2.78. The highest BCUT2D eigenvalue weighted by molar-refractivity contribution is 5.61. The first-order chi connectivity index (χ1) is 9.72. The summed E-state index contributed by atoms with van der Waals surface area (Å²) in [5, 5.41) is 0. The number of halogens is 1. The van der Waals surface area contributed by atoms with Gasteiger partial charge in [0.15, 0.2) is 0 Å². The van der Waals surface area contributed by atoms with Gasteiger partial charge in [0.2, 0.25) is 0 Å². The van der Waals surface area contributed by atoms with Gasteiger partial charge in [-0.05, 0) is 31.0 Å². The van der Waals surface area contributed by atoms with Crippen molar-refractivity contribution in [2.45, 2.75) is 25.4 Å². The molecule has 2 nitrogen and oxygen atoms in total. The Hall–Kier alpha value is -1.87. The Morgan fingerprint density at radius 3 is 2.65 bits per heavy atom. The van der Waals surface area contributed by atoms with Crippen LogP contribution in [-0.4, -0.2) is 12.6 Å². The van der Waals surface area contributed by atoms with Crippen molar-refractivity contribution in [1.82, 2.24) is 0 Å². The van der Waals surface area contributed by atoms with Crippen molar-refractivity contribution in [3.8, 4) is 0 Å². The first-order valence-corrected chi connectivity index (χ1v) is 7.03. The fourth-order valence-electron chi connectivity index (χ4n) is 3.20. The van der Waals surface area contributed by atoms with Crippen LogP contribution in [0.2, 0.25) is 0 Å². The lowest BCUT2D eigenvalue weighted by Gasteiger charge is -2.34. The topological polar surface area (TPSA) is 29.3 Å². The Morgan fingerprint density at radius 2 is 1.90 bits per heavy atom. The molecule has 20 heavy (non-hydrogen) atoms. The van der Waals surface area contributed by atoms with Gasteiger partial charge in [0.25, 0.3) is 0 Å². The van der Waals surface area contributed by atoms with Gasteiger partial charge in [-0.25, -0.2) is 4.39 Å². The maximum absolute atomic E-state index is 14.1. The van der Waals surface area contributed by atoms with E-state index in [0.29, 0.717) is 18.2 Å². The summed E-state index contributed by atoms with van der Waals surface area (Å²) < 4.78 is 14.1. The zero-order chi connectivity index (χ0) is 14.1. The van der Waals surface area contributed by atoms with Crippen LogP contribution in [0.25, 0.3) is 0 Å². The van der Waals surface area contributed by atoms with Crippen molar-refractivity contribution in [2.75, 3.05) is 11.4 Å². The molecule has 104 valence electrons. The summed E-state index contributed by atoms with van der Waals surface area (Å²) >= 11 is 0. The second-order valence-corrected chi connectivity index (χ2v) is 5.36. The molecule has 0 bridgehead atoms. The molecule has 2 N–H and O–H groups in total. The highest BCUT2D eigenvalue weighted by Crippen LogP contribution is 2.38. The molecule has 0 saturated heterocycles. The Bertz CT molecular complexity index is 611. The smallest absolute Gasteiger partial charge is 0.128 e. The predicted octanol–water partition coefficient (Wildman–Crippen LogP) is 3.28. The van der Waals surface area contributed by atoms with Gasteiger partial charge in [0, 0.05) is 23.8 Å². The lowest BCUT2D eigenvalue weighted by atomic mass is 10.0. The third kappa shape index (κ3) is 2.08. The Morgan fingerprint density at radius 1 is 1.20 bits per heavy atom. The van der Waals surface area contributed by atoms with Gasteiger partial charge in [-0.2, -0.15) is 0 Å².